The van der Waals surface area contributed by atoms with Gasteiger partial charge in [0, 0.05) is 0 Å². The molecule has 20 heavy (non-hydrogen) atoms. The van der Waals surface area contributed by atoms with E-state index in [0.29, 0.717) is 5.69 Å². The summed E-state index contributed by atoms with van der Waals surface area (Å²) in [6.07, 6.45) is 2.19. The Morgan fingerprint density at radius 3 is 1.90 bits per heavy atom. The van der Waals surface area contributed by atoms with Gasteiger partial charge in [0.25, 0.3) is 0 Å². The van der Waals surface area contributed by atoms with Crippen LogP contribution in [0.1, 0.15) is 29.3 Å². The molecule has 0 atom stereocenters. The SMILES string of the molecule is CCCc1ccc(/N=N/c2ccc(C(=O)O)cc2)cc1. The Hall–Kier alpha value is -2.49. The van der Waals surface area contributed by atoms with Crippen molar-refractivity contribution in [2.45, 2.75) is 19.8 Å². The van der Waals surface area contributed by atoms with Gasteiger partial charge in [0.1, 0.15) is 0 Å². The molecule has 0 bridgehead atoms. The van der Waals surface area contributed by atoms with Crippen LogP contribution in [-0.4, -0.2) is 11.1 Å². The molecular formula is C16H16N2O2. The van der Waals surface area contributed by atoms with Crippen LogP contribution in [-0.2, 0) is 6.42 Å². The largest absolute Gasteiger partial charge is 0.478 e. The van der Waals surface area contributed by atoms with Crippen molar-refractivity contribution in [3.63, 3.8) is 0 Å². The third kappa shape index (κ3) is 3.75. The quantitative estimate of drug-likeness (QED) is 0.795. The van der Waals surface area contributed by atoms with Crippen molar-refractivity contribution in [1.82, 2.24) is 0 Å². The Labute approximate surface area is 117 Å². The van der Waals surface area contributed by atoms with Crippen LogP contribution < -0.4 is 0 Å². The summed E-state index contributed by atoms with van der Waals surface area (Å²) in [5, 5.41) is 17.0. The second kappa shape index (κ2) is 6.61. The summed E-state index contributed by atoms with van der Waals surface area (Å²) in [4.78, 5) is 10.7. The predicted molar refractivity (Wildman–Crippen MR) is 78.0 cm³/mol. The molecule has 0 aliphatic carbocycles. The number of nitrogens with zero attached hydrogens (tertiary/aromatic N) is 2. The number of azo groups is 1. The Balaban J connectivity index is 2.06. The summed E-state index contributed by atoms with van der Waals surface area (Å²) < 4.78 is 0. The second-order valence-corrected chi connectivity index (χ2v) is 4.47. The Bertz CT molecular complexity index is 601. The van der Waals surface area contributed by atoms with E-state index in [9.17, 15) is 4.79 Å². The van der Waals surface area contributed by atoms with E-state index in [1.54, 1.807) is 12.1 Å². The molecule has 0 saturated carbocycles. The van der Waals surface area contributed by atoms with Crippen LogP contribution in [0.25, 0.3) is 0 Å². The van der Waals surface area contributed by atoms with Crippen molar-refractivity contribution < 1.29 is 9.90 Å². The van der Waals surface area contributed by atoms with Crippen LogP contribution in [0.15, 0.2) is 58.8 Å². The van der Waals surface area contributed by atoms with Crippen LogP contribution in [0.5, 0.6) is 0 Å². The fraction of sp³-hybridized carbons (Fsp3) is 0.188. The van der Waals surface area contributed by atoms with Crippen molar-refractivity contribution in [3.05, 3.63) is 59.7 Å². The first-order valence-corrected chi connectivity index (χ1v) is 6.53. The smallest absolute Gasteiger partial charge is 0.335 e. The summed E-state index contributed by atoms with van der Waals surface area (Å²) in [6, 6.07) is 14.3. The molecule has 0 aromatic heterocycles. The number of aryl methyl sites for hydroxylation is 1. The van der Waals surface area contributed by atoms with E-state index in [-0.39, 0.29) is 5.56 Å². The van der Waals surface area contributed by atoms with Gasteiger partial charge in [-0.05, 0) is 48.4 Å². The maximum absolute atomic E-state index is 10.7. The molecule has 4 heteroatoms. The average molecular weight is 268 g/mol. The highest BCUT2D eigenvalue weighted by Crippen LogP contribution is 2.19. The van der Waals surface area contributed by atoms with Gasteiger partial charge in [-0.2, -0.15) is 10.2 Å². The van der Waals surface area contributed by atoms with E-state index in [2.05, 4.69) is 17.2 Å². The zero-order valence-corrected chi connectivity index (χ0v) is 11.3. The lowest BCUT2D eigenvalue weighted by Gasteiger charge is -1.98. The maximum Gasteiger partial charge on any atom is 0.335 e. The van der Waals surface area contributed by atoms with Crippen LogP contribution in [0.3, 0.4) is 0 Å². The molecule has 0 radical (unpaired) electrons. The van der Waals surface area contributed by atoms with E-state index in [0.717, 1.165) is 18.5 Å². The molecule has 2 aromatic rings. The fourth-order valence-electron chi connectivity index (χ4n) is 1.80. The number of carboxylic acid groups (broad SMARTS) is 1. The normalized spacial score (nSPS) is 10.8. The summed E-state index contributed by atoms with van der Waals surface area (Å²) >= 11 is 0. The highest BCUT2D eigenvalue weighted by molar-refractivity contribution is 5.87. The third-order valence-electron chi connectivity index (χ3n) is 2.87. The first-order chi connectivity index (χ1) is 9.69. The predicted octanol–water partition coefficient (Wildman–Crippen LogP) is 4.75. The van der Waals surface area contributed by atoms with Gasteiger partial charge in [-0.15, -0.1) is 0 Å². The summed E-state index contributed by atoms with van der Waals surface area (Å²) in [5.74, 6) is -0.944. The number of benzene rings is 2. The van der Waals surface area contributed by atoms with Gasteiger partial charge in [-0.1, -0.05) is 25.5 Å². The molecule has 1 N–H and O–H groups in total. The van der Waals surface area contributed by atoms with Gasteiger partial charge in [-0.3, -0.25) is 0 Å². The molecule has 0 saturated heterocycles. The molecule has 0 aliphatic heterocycles. The van der Waals surface area contributed by atoms with Crippen LogP contribution in [0.4, 0.5) is 11.4 Å². The summed E-state index contributed by atoms with van der Waals surface area (Å²) in [7, 11) is 0. The lowest BCUT2D eigenvalue weighted by Crippen LogP contribution is -1.93. The molecule has 0 amide bonds. The van der Waals surface area contributed by atoms with Crippen molar-refractivity contribution in [3.8, 4) is 0 Å². The highest BCUT2D eigenvalue weighted by atomic mass is 16.4. The summed E-state index contributed by atoms with van der Waals surface area (Å²) in [5.41, 5.74) is 2.95. The van der Waals surface area contributed by atoms with Gasteiger partial charge in [0.2, 0.25) is 0 Å². The fourth-order valence-corrected chi connectivity index (χ4v) is 1.80. The Kier molecular flexibility index (Phi) is 4.60. The number of hydrogen-bond donors (Lipinski definition) is 1. The molecule has 0 aliphatic rings. The van der Waals surface area contributed by atoms with E-state index in [4.69, 9.17) is 5.11 Å². The van der Waals surface area contributed by atoms with Crippen molar-refractivity contribution in [2.24, 2.45) is 10.2 Å². The van der Waals surface area contributed by atoms with Crippen molar-refractivity contribution in [1.29, 1.82) is 0 Å². The molecule has 4 nitrogen and oxygen atoms in total. The molecular weight excluding hydrogens is 252 g/mol. The van der Waals surface area contributed by atoms with Gasteiger partial charge >= 0.3 is 5.97 Å². The molecule has 0 spiro atoms. The minimum atomic E-state index is -0.944. The van der Waals surface area contributed by atoms with E-state index >= 15 is 0 Å². The second-order valence-electron chi connectivity index (χ2n) is 4.47. The molecule has 0 heterocycles. The maximum atomic E-state index is 10.7. The zero-order chi connectivity index (χ0) is 14.4. The highest BCUT2D eigenvalue weighted by Gasteiger charge is 2.00. The average Bonchev–Trinajstić information content (AvgIpc) is 2.47. The van der Waals surface area contributed by atoms with Crippen LogP contribution in [0, 0.1) is 0 Å². The zero-order valence-electron chi connectivity index (χ0n) is 11.3. The first kappa shape index (κ1) is 13.9. The Morgan fingerprint density at radius 2 is 1.45 bits per heavy atom. The molecule has 2 rings (SSSR count). The Morgan fingerprint density at radius 1 is 0.950 bits per heavy atom. The van der Waals surface area contributed by atoms with Gasteiger partial charge < -0.3 is 5.11 Å². The number of hydrogen-bond acceptors (Lipinski definition) is 3. The van der Waals surface area contributed by atoms with Crippen LogP contribution in [0.2, 0.25) is 0 Å². The molecule has 0 fully saturated rings. The number of carboxylic acids is 1. The van der Waals surface area contributed by atoms with Gasteiger partial charge in [0.15, 0.2) is 0 Å². The molecule has 2 aromatic carbocycles. The lowest BCUT2D eigenvalue weighted by atomic mass is 10.1. The van der Waals surface area contributed by atoms with Gasteiger partial charge in [0.05, 0.1) is 16.9 Å². The monoisotopic (exact) mass is 268 g/mol. The van der Waals surface area contributed by atoms with Crippen molar-refractivity contribution in [2.75, 3.05) is 0 Å². The van der Waals surface area contributed by atoms with E-state index in [1.165, 1.54) is 17.7 Å². The minimum Gasteiger partial charge on any atom is -0.478 e. The summed E-state index contributed by atoms with van der Waals surface area (Å²) in [6.45, 7) is 2.15. The van der Waals surface area contributed by atoms with E-state index in [1.807, 2.05) is 24.3 Å². The van der Waals surface area contributed by atoms with Crippen LogP contribution >= 0.6 is 0 Å². The lowest BCUT2D eigenvalue weighted by molar-refractivity contribution is 0.0697. The standard InChI is InChI=1S/C16H16N2O2/c1-2-3-12-4-8-14(9-5-12)17-18-15-10-6-13(7-11-15)16(19)20/h4-11H,2-3H2,1H3,(H,19,20)/b18-17+. The topological polar surface area (TPSA) is 62.0 Å². The number of rotatable bonds is 5. The molecule has 102 valence electrons. The van der Waals surface area contributed by atoms with Gasteiger partial charge in [-0.25, -0.2) is 4.79 Å². The third-order valence-corrected chi connectivity index (χ3v) is 2.87. The van der Waals surface area contributed by atoms with Crippen molar-refractivity contribution >= 4 is 17.3 Å². The number of aromatic carboxylic acids is 1. The first-order valence-electron chi connectivity index (χ1n) is 6.53. The van der Waals surface area contributed by atoms with E-state index < -0.39 is 5.97 Å². The number of carbonyl (C=O) groups is 1. The molecule has 0 unspecified atom stereocenters. The minimum absolute atomic E-state index is 0.243.